The molecule has 8 heteroatoms. The first-order valence-electron chi connectivity index (χ1n) is 12.1. The number of piperidine rings is 1. The second-order valence-electron chi connectivity index (χ2n) is 9.32. The molecule has 180 valence electrons. The second kappa shape index (κ2) is 8.80. The molecule has 36 heavy (non-hydrogen) atoms. The van der Waals surface area contributed by atoms with Gasteiger partial charge in [0.2, 0.25) is 0 Å². The van der Waals surface area contributed by atoms with Gasteiger partial charge in [0.15, 0.2) is 0 Å². The lowest BCUT2D eigenvalue weighted by Crippen LogP contribution is -2.44. The number of fused-ring (bicyclic) bond motifs is 4. The van der Waals surface area contributed by atoms with E-state index >= 15 is 0 Å². The Morgan fingerprint density at radius 3 is 2.56 bits per heavy atom. The Bertz CT molecular complexity index is 1690. The molecule has 0 unspecified atom stereocenters. The molecule has 1 aliphatic rings. The van der Waals surface area contributed by atoms with Gasteiger partial charge in [0.1, 0.15) is 11.6 Å². The number of pyridine rings is 4. The number of nitrogens with zero attached hydrogens (tertiary/aromatic N) is 5. The highest BCUT2D eigenvalue weighted by Crippen LogP contribution is 2.30. The minimum Gasteiger partial charge on any atom is -0.384 e. The summed E-state index contributed by atoms with van der Waals surface area (Å²) in [6, 6.07) is 17.1. The smallest absolute Gasteiger partial charge is 0.251 e. The Morgan fingerprint density at radius 2 is 1.75 bits per heavy atom. The Balaban J connectivity index is 1.47. The van der Waals surface area contributed by atoms with Crippen LogP contribution < -0.4 is 5.56 Å². The summed E-state index contributed by atoms with van der Waals surface area (Å²) in [6.45, 7) is 2.46. The van der Waals surface area contributed by atoms with Crippen molar-refractivity contribution in [3.05, 3.63) is 77.3 Å². The summed E-state index contributed by atoms with van der Waals surface area (Å²) in [4.78, 5) is 41.2. The minimum absolute atomic E-state index is 0.0855. The Kier molecular flexibility index (Phi) is 5.45. The number of aliphatic hydroxyl groups is 1. The van der Waals surface area contributed by atoms with E-state index in [9.17, 15) is 14.7 Å². The fourth-order valence-corrected chi connectivity index (χ4v) is 5.14. The van der Waals surface area contributed by atoms with Gasteiger partial charge in [0.25, 0.3) is 11.5 Å². The average molecular weight is 480 g/mol. The molecule has 0 radical (unpaired) electrons. The molecular weight excluding hydrogens is 454 g/mol. The van der Waals surface area contributed by atoms with Gasteiger partial charge in [-0.05, 0) is 50.1 Å². The van der Waals surface area contributed by atoms with Crippen molar-refractivity contribution in [2.45, 2.75) is 31.9 Å². The van der Waals surface area contributed by atoms with Gasteiger partial charge in [-0.1, -0.05) is 18.2 Å². The van der Waals surface area contributed by atoms with Crippen LogP contribution in [0.15, 0.2) is 71.8 Å². The molecule has 0 spiro atoms. The van der Waals surface area contributed by atoms with Gasteiger partial charge in [0, 0.05) is 53.9 Å². The molecule has 1 fully saturated rings. The van der Waals surface area contributed by atoms with Crippen molar-refractivity contribution in [1.29, 1.82) is 0 Å². The van der Waals surface area contributed by atoms with Gasteiger partial charge in [-0.2, -0.15) is 0 Å². The molecule has 1 amide bonds. The van der Waals surface area contributed by atoms with Gasteiger partial charge >= 0.3 is 0 Å². The van der Waals surface area contributed by atoms with Crippen molar-refractivity contribution in [1.82, 2.24) is 24.4 Å². The summed E-state index contributed by atoms with van der Waals surface area (Å²) in [5.41, 5.74) is 4.60. The first-order valence-corrected chi connectivity index (χ1v) is 12.1. The highest BCUT2D eigenvalue weighted by molar-refractivity contribution is 6.01. The third kappa shape index (κ3) is 3.79. The lowest BCUT2D eigenvalue weighted by molar-refractivity contribution is -0.140. The highest BCUT2D eigenvalue weighted by atomic mass is 16.3. The third-order valence-electron chi connectivity index (χ3n) is 6.98. The fourth-order valence-electron chi connectivity index (χ4n) is 5.14. The fraction of sp³-hybridized carbons (Fsp3) is 0.250. The minimum atomic E-state index is -1.02. The Labute approximate surface area is 206 Å². The van der Waals surface area contributed by atoms with E-state index in [-0.39, 0.29) is 17.5 Å². The number of benzene rings is 1. The summed E-state index contributed by atoms with van der Waals surface area (Å²) < 4.78 is 1.82. The summed E-state index contributed by atoms with van der Waals surface area (Å²) in [7, 11) is 0. The zero-order valence-electron chi connectivity index (χ0n) is 19.8. The number of carbonyl (C=O) groups is 1. The largest absolute Gasteiger partial charge is 0.384 e. The summed E-state index contributed by atoms with van der Waals surface area (Å²) in [5, 5.41) is 11.5. The van der Waals surface area contributed by atoms with Crippen LogP contribution in [0.2, 0.25) is 0 Å². The molecule has 0 saturated carbocycles. The maximum atomic E-state index is 13.2. The van der Waals surface area contributed by atoms with Crippen LogP contribution in [0.3, 0.4) is 0 Å². The van der Waals surface area contributed by atoms with Crippen molar-refractivity contribution < 1.29 is 9.90 Å². The zero-order chi connectivity index (χ0) is 24.8. The first kappa shape index (κ1) is 22.3. The normalized spacial score (nSPS) is 15.6. The number of hydrogen-bond acceptors (Lipinski definition) is 6. The van der Waals surface area contributed by atoms with Gasteiger partial charge in [-0.25, -0.2) is 4.98 Å². The topological polar surface area (TPSA) is 101 Å². The van der Waals surface area contributed by atoms with Gasteiger partial charge < -0.3 is 14.6 Å². The molecule has 1 aliphatic heterocycles. The van der Waals surface area contributed by atoms with Crippen LogP contribution in [0.25, 0.3) is 44.1 Å². The predicted molar refractivity (Wildman–Crippen MR) is 139 cm³/mol. The van der Waals surface area contributed by atoms with E-state index in [4.69, 9.17) is 4.98 Å². The van der Waals surface area contributed by atoms with Gasteiger partial charge in [-0.3, -0.25) is 19.6 Å². The van der Waals surface area contributed by atoms with Crippen molar-refractivity contribution in [2.75, 3.05) is 13.1 Å². The molecule has 5 heterocycles. The maximum Gasteiger partial charge on any atom is 0.251 e. The number of amides is 1. The van der Waals surface area contributed by atoms with Crippen molar-refractivity contribution in [3.63, 3.8) is 0 Å². The number of aromatic nitrogens is 4. The zero-order valence-corrected chi connectivity index (χ0v) is 19.8. The molecule has 6 rings (SSSR count). The van der Waals surface area contributed by atoms with E-state index in [1.54, 1.807) is 23.2 Å². The van der Waals surface area contributed by atoms with Crippen LogP contribution in [0.1, 0.15) is 25.8 Å². The lowest BCUT2D eigenvalue weighted by Gasteiger charge is -2.34. The van der Waals surface area contributed by atoms with Crippen molar-refractivity contribution in [3.8, 4) is 11.3 Å². The van der Waals surface area contributed by atoms with Crippen molar-refractivity contribution in [2.24, 2.45) is 0 Å². The molecule has 1 saturated heterocycles. The molecule has 0 bridgehead atoms. The van der Waals surface area contributed by atoms with Crippen LogP contribution in [-0.4, -0.2) is 54.6 Å². The van der Waals surface area contributed by atoms with E-state index in [1.165, 1.54) is 6.92 Å². The number of para-hydroxylation sites is 1. The van der Waals surface area contributed by atoms with Crippen LogP contribution in [-0.2, 0) is 4.79 Å². The second-order valence-corrected chi connectivity index (χ2v) is 9.32. The number of hydrogen-bond donors (Lipinski definition) is 1. The predicted octanol–water partition coefficient (Wildman–Crippen LogP) is 3.70. The first-order chi connectivity index (χ1) is 17.5. The molecular formula is C28H25N5O3. The van der Waals surface area contributed by atoms with E-state index < -0.39 is 6.10 Å². The number of likely N-dealkylation sites (tertiary alicyclic amines) is 1. The molecule has 4 aromatic heterocycles. The highest BCUT2D eigenvalue weighted by Gasteiger charge is 2.27. The standard InChI is InChI=1S/C28H25N5O3/c1-17(34)28(36)32-12-10-21(11-13-32)33-25(35)9-6-19-15-30-24-8-7-23(31-26(24)27(19)33)20-14-18-4-2-3-5-22(18)29-16-20/h2-9,14-17,21,34H,10-13H2,1H3/t17-/m1/s1. The molecule has 8 nitrogen and oxygen atoms in total. The van der Waals surface area contributed by atoms with Crippen LogP contribution in [0.5, 0.6) is 0 Å². The molecule has 5 aromatic rings. The van der Waals surface area contributed by atoms with E-state index in [0.29, 0.717) is 37.0 Å². The summed E-state index contributed by atoms with van der Waals surface area (Å²) in [5.74, 6) is -0.274. The quantitative estimate of drug-likeness (QED) is 0.396. The van der Waals surface area contributed by atoms with Crippen LogP contribution >= 0.6 is 0 Å². The maximum absolute atomic E-state index is 13.2. The Hall–Kier alpha value is -4.17. The number of aliphatic hydroxyl groups excluding tert-OH is 1. The third-order valence-corrected chi connectivity index (χ3v) is 6.98. The van der Waals surface area contributed by atoms with Crippen LogP contribution in [0.4, 0.5) is 0 Å². The summed E-state index contributed by atoms with van der Waals surface area (Å²) >= 11 is 0. The Morgan fingerprint density at radius 1 is 0.972 bits per heavy atom. The van der Waals surface area contributed by atoms with Crippen LogP contribution in [0, 0.1) is 0 Å². The lowest BCUT2D eigenvalue weighted by atomic mass is 10.0. The molecule has 1 N–H and O–H groups in total. The molecule has 1 aromatic carbocycles. The van der Waals surface area contributed by atoms with Crippen molar-refractivity contribution >= 4 is 38.7 Å². The van der Waals surface area contributed by atoms with Gasteiger partial charge in [0.05, 0.1) is 22.2 Å². The van der Waals surface area contributed by atoms with E-state index in [2.05, 4.69) is 16.0 Å². The monoisotopic (exact) mass is 479 g/mol. The number of rotatable bonds is 3. The van der Waals surface area contributed by atoms with Gasteiger partial charge in [-0.15, -0.1) is 0 Å². The summed E-state index contributed by atoms with van der Waals surface area (Å²) in [6.07, 6.45) is 3.81. The average Bonchev–Trinajstić information content (AvgIpc) is 2.92. The molecule has 1 atom stereocenters. The van der Waals surface area contributed by atoms with E-state index in [0.717, 1.165) is 33.1 Å². The molecule has 0 aliphatic carbocycles. The van der Waals surface area contributed by atoms with E-state index in [1.807, 2.05) is 47.2 Å². The number of carbonyl (C=O) groups excluding carboxylic acids is 1. The SMILES string of the molecule is C[C@@H](O)C(=O)N1CCC(n2c(=O)ccc3cnc4ccc(-c5cnc6ccccc6c5)nc4c32)CC1.